The second-order valence-corrected chi connectivity index (χ2v) is 6.72. The number of rotatable bonds is 4. The van der Waals surface area contributed by atoms with Crippen LogP contribution in [0.2, 0.25) is 0 Å². The molecule has 2 aromatic rings. The van der Waals surface area contributed by atoms with Gasteiger partial charge in [0.1, 0.15) is 5.75 Å². The molecular weight excluding hydrogens is 423 g/mol. The first kappa shape index (κ1) is 17.7. The molecule has 4 nitrogen and oxygen atoms in total. The van der Waals surface area contributed by atoms with Crippen molar-refractivity contribution in [3.05, 3.63) is 57.2 Å². The molecule has 0 atom stereocenters. The van der Waals surface area contributed by atoms with E-state index in [1.54, 1.807) is 0 Å². The monoisotopic (exact) mass is 440 g/mol. The Morgan fingerprint density at radius 3 is 2.57 bits per heavy atom. The van der Waals surface area contributed by atoms with Crippen molar-refractivity contribution in [3.8, 4) is 5.75 Å². The van der Waals surface area contributed by atoms with Gasteiger partial charge < -0.3 is 10.1 Å². The zero-order chi connectivity index (χ0) is 16.8. The molecule has 120 valence electrons. The maximum Gasteiger partial charge on any atom is 0.264 e. The molecule has 2 N–H and O–H groups in total. The number of halogens is 1. The van der Waals surface area contributed by atoms with E-state index in [9.17, 15) is 4.79 Å². The Hall–Kier alpha value is -1.67. The van der Waals surface area contributed by atoms with Crippen molar-refractivity contribution < 1.29 is 9.53 Å². The quantitative estimate of drug-likeness (QED) is 0.561. The van der Waals surface area contributed by atoms with Crippen molar-refractivity contribution in [1.82, 2.24) is 5.32 Å². The lowest BCUT2D eigenvalue weighted by atomic mass is 10.1. The highest BCUT2D eigenvalue weighted by molar-refractivity contribution is 14.1. The molecule has 0 spiro atoms. The fourth-order valence-corrected chi connectivity index (χ4v) is 2.46. The third kappa shape index (κ3) is 5.80. The lowest BCUT2D eigenvalue weighted by Gasteiger charge is -2.12. The number of hydrogen-bond acceptors (Lipinski definition) is 3. The zero-order valence-corrected chi connectivity index (χ0v) is 15.8. The summed E-state index contributed by atoms with van der Waals surface area (Å²) in [5, 5.41) is 5.81. The fraction of sp³-hybridized carbons (Fsp3) is 0.176. The Morgan fingerprint density at radius 2 is 1.87 bits per heavy atom. The Bertz CT molecular complexity index is 717. The molecule has 0 bridgehead atoms. The number of aryl methyl sites for hydroxylation is 2. The highest BCUT2D eigenvalue weighted by Crippen LogP contribution is 2.18. The maximum absolute atomic E-state index is 11.9. The van der Waals surface area contributed by atoms with Crippen molar-refractivity contribution in [1.29, 1.82) is 0 Å². The van der Waals surface area contributed by atoms with E-state index < -0.39 is 0 Å². The predicted octanol–water partition coefficient (Wildman–Crippen LogP) is 3.80. The van der Waals surface area contributed by atoms with Gasteiger partial charge in [0.15, 0.2) is 11.7 Å². The molecule has 0 aliphatic heterocycles. The first-order valence-electron chi connectivity index (χ1n) is 7.00. The zero-order valence-electron chi connectivity index (χ0n) is 12.9. The summed E-state index contributed by atoms with van der Waals surface area (Å²) in [5.74, 6) is 0.408. The standard InChI is InChI=1S/C17H17IN2O2S/c1-11-3-4-12(2)15(9-11)22-10-16(21)20-17(23)19-14-7-5-13(18)6-8-14/h3-9H,10H2,1-2H3,(H2,19,20,21,23). The van der Waals surface area contributed by atoms with Crippen LogP contribution in [0.25, 0.3) is 0 Å². The van der Waals surface area contributed by atoms with E-state index in [4.69, 9.17) is 17.0 Å². The topological polar surface area (TPSA) is 50.4 Å². The third-order valence-electron chi connectivity index (χ3n) is 3.06. The van der Waals surface area contributed by atoms with Crippen LogP contribution in [0.4, 0.5) is 5.69 Å². The predicted molar refractivity (Wildman–Crippen MR) is 105 cm³/mol. The van der Waals surface area contributed by atoms with Crippen molar-refractivity contribution in [2.24, 2.45) is 0 Å². The van der Waals surface area contributed by atoms with E-state index in [-0.39, 0.29) is 17.6 Å². The molecule has 6 heteroatoms. The van der Waals surface area contributed by atoms with E-state index >= 15 is 0 Å². The summed E-state index contributed by atoms with van der Waals surface area (Å²) in [4.78, 5) is 11.9. The second-order valence-electron chi connectivity index (χ2n) is 5.07. The average Bonchev–Trinajstić information content (AvgIpc) is 2.50. The summed E-state index contributed by atoms with van der Waals surface area (Å²) in [6.07, 6.45) is 0. The number of thiocarbonyl (C=S) groups is 1. The molecule has 0 radical (unpaired) electrons. The number of hydrogen-bond donors (Lipinski definition) is 2. The number of anilines is 1. The highest BCUT2D eigenvalue weighted by atomic mass is 127. The number of carbonyl (C=O) groups excluding carboxylic acids is 1. The molecule has 2 aromatic carbocycles. The minimum absolute atomic E-state index is 0.0845. The van der Waals surface area contributed by atoms with Gasteiger partial charge in [0, 0.05) is 9.26 Å². The largest absolute Gasteiger partial charge is 0.483 e. The Labute approximate surface area is 154 Å². The van der Waals surface area contributed by atoms with Gasteiger partial charge >= 0.3 is 0 Å². The molecule has 0 saturated carbocycles. The van der Waals surface area contributed by atoms with Gasteiger partial charge in [0.25, 0.3) is 5.91 Å². The van der Waals surface area contributed by atoms with Gasteiger partial charge in [-0.05, 0) is 90.1 Å². The van der Waals surface area contributed by atoms with E-state index in [2.05, 4.69) is 33.2 Å². The number of benzene rings is 2. The normalized spacial score (nSPS) is 10.0. The molecule has 0 aromatic heterocycles. The number of amides is 1. The number of nitrogens with one attached hydrogen (secondary N) is 2. The van der Waals surface area contributed by atoms with Crippen molar-refractivity contribution >= 4 is 51.5 Å². The van der Waals surface area contributed by atoms with Crippen molar-refractivity contribution in [2.75, 3.05) is 11.9 Å². The Balaban J connectivity index is 1.83. The average molecular weight is 440 g/mol. The summed E-state index contributed by atoms with van der Waals surface area (Å²) in [5.41, 5.74) is 2.90. The minimum Gasteiger partial charge on any atom is -0.483 e. The van der Waals surface area contributed by atoms with E-state index in [0.717, 1.165) is 20.4 Å². The molecule has 0 unspecified atom stereocenters. The van der Waals surface area contributed by atoms with Crippen LogP contribution in [0.3, 0.4) is 0 Å². The molecule has 0 aliphatic carbocycles. The van der Waals surface area contributed by atoms with Crippen molar-refractivity contribution in [3.63, 3.8) is 0 Å². The second kappa shape index (κ2) is 8.26. The lowest BCUT2D eigenvalue weighted by Crippen LogP contribution is -2.37. The first-order chi connectivity index (χ1) is 10.9. The van der Waals surface area contributed by atoms with Gasteiger partial charge in [0.05, 0.1) is 0 Å². The maximum atomic E-state index is 11.9. The lowest BCUT2D eigenvalue weighted by molar-refractivity contribution is -0.121. The van der Waals surface area contributed by atoms with Crippen LogP contribution in [0.5, 0.6) is 5.75 Å². The fourth-order valence-electron chi connectivity index (χ4n) is 1.86. The van der Waals surface area contributed by atoms with Gasteiger partial charge in [-0.15, -0.1) is 0 Å². The molecule has 0 heterocycles. The number of carbonyl (C=O) groups is 1. The van der Waals surface area contributed by atoms with Gasteiger partial charge in [0.2, 0.25) is 0 Å². The molecule has 0 saturated heterocycles. The third-order valence-corrected chi connectivity index (χ3v) is 3.98. The molecule has 1 amide bonds. The van der Waals surface area contributed by atoms with Crippen LogP contribution in [0, 0.1) is 17.4 Å². The van der Waals surface area contributed by atoms with Crippen LogP contribution in [0.15, 0.2) is 42.5 Å². The Morgan fingerprint density at radius 1 is 1.17 bits per heavy atom. The molecular formula is C17H17IN2O2S. The molecule has 23 heavy (non-hydrogen) atoms. The van der Waals surface area contributed by atoms with E-state index in [1.807, 2.05) is 56.3 Å². The summed E-state index contributed by atoms with van der Waals surface area (Å²) >= 11 is 7.35. The summed E-state index contributed by atoms with van der Waals surface area (Å²) in [6.45, 7) is 3.83. The van der Waals surface area contributed by atoms with Crippen LogP contribution >= 0.6 is 34.8 Å². The molecule has 2 rings (SSSR count). The van der Waals surface area contributed by atoms with Crippen LogP contribution in [-0.2, 0) is 4.79 Å². The summed E-state index contributed by atoms with van der Waals surface area (Å²) in [7, 11) is 0. The van der Waals surface area contributed by atoms with Crippen LogP contribution in [0.1, 0.15) is 11.1 Å². The highest BCUT2D eigenvalue weighted by Gasteiger charge is 2.07. The van der Waals surface area contributed by atoms with E-state index in [0.29, 0.717) is 5.75 Å². The first-order valence-corrected chi connectivity index (χ1v) is 8.49. The summed E-state index contributed by atoms with van der Waals surface area (Å²) in [6, 6.07) is 13.6. The Kier molecular flexibility index (Phi) is 6.35. The van der Waals surface area contributed by atoms with Gasteiger partial charge in [-0.3, -0.25) is 10.1 Å². The number of ether oxygens (including phenoxy) is 1. The van der Waals surface area contributed by atoms with Crippen molar-refractivity contribution in [2.45, 2.75) is 13.8 Å². The van der Waals surface area contributed by atoms with Gasteiger partial charge in [-0.1, -0.05) is 12.1 Å². The van der Waals surface area contributed by atoms with Gasteiger partial charge in [-0.2, -0.15) is 0 Å². The van der Waals surface area contributed by atoms with E-state index in [1.165, 1.54) is 0 Å². The van der Waals surface area contributed by atoms with Crippen LogP contribution in [-0.4, -0.2) is 17.6 Å². The molecule has 0 fully saturated rings. The minimum atomic E-state index is -0.297. The van der Waals surface area contributed by atoms with Gasteiger partial charge in [-0.25, -0.2) is 0 Å². The molecule has 0 aliphatic rings. The van der Waals surface area contributed by atoms with Crippen LogP contribution < -0.4 is 15.4 Å². The summed E-state index contributed by atoms with van der Waals surface area (Å²) < 4.78 is 6.68. The SMILES string of the molecule is Cc1ccc(C)c(OCC(=O)NC(=S)Nc2ccc(I)cc2)c1. The smallest absolute Gasteiger partial charge is 0.264 e.